The van der Waals surface area contributed by atoms with Gasteiger partial charge in [0.2, 0.25) is 0 Å². The molecule has 2 aliphatic rings. The third-order valence-electron chi connectivity index (χ3n) is 4.43. The summed E-state index contributed by atoms with van der Waals surface area (Å²) in [6.07, 6.45) is 1.97. The summed E-state index contributed by atoms with van der Waals surface area (Å²) in [5.41, 5.74) is 1.47. The molecule has 0 bridgehead atoms. The van der Waals surface area contributed by atoms with Gasteiger partial charge in [0, 0.05) is 36.6 Å². The molecule has 1 saturated carbocycles. The SMILES string of the molecule is CN(CC1(c2ccc(Br)cc2)CC1)C(=O)C1CNCCO1. The van der Waals surface area contributed by atoms with Crippen LogP contribution in [-0.4, -0.2) is 50.2 Å². The van der Waals surface area contributed by atoms with Crippen LogP contribution in [-0.2, 0) is 14.9 Å². The number of hydrogen-bond donors (Lipinski definition) is 1. The van der Waals surface area contributed by atoms with Gasteiger partial charge in [0.05, 0.1) is 6.61 Å². The van der Waals surface area contributed by atoms with E-state index in [-0.39, 0.29) is 17.4 Å². The van der Waals surface area contributed by atoms with E-state index in [4.69, 9.17) is 4.74 Å². The lowest BCUT2D eigenvalue weighted by Crippen LogP contribution is -2.49. The quantitative estimate of drug-likeness (QED) is 0.900. The Bertz CT molecular complexity index is 508. The molecule has 21 heavy (non-hydrogen) atoms. The number of likely N-dealkylation sites (N-methyl/N-ethyl adjacent to an activating group) is 1. The highest BCUT2D eigenvalue weighted by Crippen LogP contribution is 2.48. The number of carbonyl (C=O) groups is 1. The maximum absolute atomic E-state index is 12.4. The zero-order valence-corrected chi connectivity index (χ0v) is 13.9. The fourth-order valence-corrected chi connectivity index (χ4v) is 3.26. The number of halogens is 1. The van der Waals surface area contributed by atoms with Gasteiger partial charge in [-0.25, -0.2) is 0 Å². The average Bonchev–Trinajstić information content (AvgIpc) is 3.28. The average molecular weight is 353 g/mol. The number of hydrogen-bond acceptors (Lipinski definition) is 3. The summed E-state index contributed by atoms with van der Waals surface area (Å²) in [5.74, 6) is 0.0885. The van der Waals surface area contributed by atoms with Gasteiger partial charge < -0.3 is 15.0 Å². The van der Waals surface area contributed by atoms with Crippen LogP contribution in [0.3, 0.4) is 0 Å². The minimum Gasteiger partial charge on any atom is -0.366 e. The number of nitrogens with one attached hydrogen (secondary N) is 1. The van der Waals surface area contributed by atoms with E-state index in [1.807, 2.05) is 11.9 Å². The van der Waals surface area contributed by atoms with E-state index in [1.165, 1.54) is 5.56 Å². The van der Waals surface area contributed by atoms with E-state index in [0.717, 1.165) is 30.4 Å². The van der Waals surface area contributed by atoms with E-state index >= 15 is 0 Å². The van der Waals surface area contributed by atoms with Gasteiger partial charge in [0.1, 0.15) is 6.10 Å². The normalized spacial score (nSPS) is 23.6. The lowest BCUT2D eigenvalue weighted by molar-refractivity contribution is -0.144. The third kappa shape index (κ3) is 3.30. The van der Waals surface area contributed by atoms with Crippen LogP contribution in [0.25, 0.3) is 0 Å². The van der Waals surface area contributed by atoms with Gasteiger partial charge >= 0.3 is 0 Å². The molecule has 1 atom stereocenters. The zero-order chi connectivity index (χ0) is 14.9. The van der Waals surface area contributed by atoms with Crippen molar-refractivity contribution < 1.29 is 9.53 Å². The molecule has 4 nitrogen and oxygen atoms in total. The van der Waals surface area contributed by atoms with Crippen LogP contribution in [0.15, 0.2) is 28.7 Å². The lowest BCUT2D eigenvalue weighted by Gasteiger charge is -2.30. The molecule has 3 rings (SSSR count). The highest BCUT2D eigenvalue weighted by molar-refractivity contribution is 9.10. The van der Waals surface area contributed by atoms with Crippen molar-refractivity contribution in [2.24, 2.45) is 0 Å². The van der Waals surface area contributed by atoms with Crippen LogP contribution in [0, 0.1) is 0 Å². The van der Waals surface area contributed by atoms with Crippen molar-refractivity contribution in [2.45, 2.75) is 24.4 Å². The van der Waals surface area contributed by atoms with E-state index in [2.05, 4.69) is 45.5 Å². The van der Waals surface area contributed by atoms with Gasteiger partial charge in [-0.2, -0.15) is 0 Å². The minimum atomic E-state index is -0.329. The van der Waals surface area contributed by atoms with Crippen LogP contribution in [0.4, 0.5) is 0 Å². The fraction of sp³-hybridized carbons (Fsp3) is 0.562. The molecule has 1 unspecified atom stereocenters. The molecule has 0 radical (unpaired) electrons. The summed E-state index contributed by atoms with van der Waals surface area (Å²) in [6, 6.07) is 8.47. The highest BCUT2D eigenvalue weighted by atomic mass is 79.9. The van der Waals surface area contributed by atoms with Gasteiger partial charge in [-0.15, -0.1) is 0 Å². The molecule has 1 N–H and O–H groups in total. The maximum atomic E-state index is 12.4. The molecule has 114 valence electrons. The third-order valence-corrected chi connectivity index (χ3v) is 4.96. The van der Waals surface area contributed by atoms with Crippen molar-refractivity contribution in [1.82, 2.24) is 10.2 Å². The summed E-state index contributed by atoms with van der Waals surface area (Å²) in [4.78, 5) is 14.3. The number of rotatable bonds is 4. The van der Waals surface area contributed by atoms with Crippen molar-refractivity contribution in [3.05, 3.63) is 34.3 Å². The predicted octanol–water partition coefficient (Wildman–Crippen LogP) is 1.93. The highest BCUT2D eigenvalue weighted by Gasteiger charge is 2.46. The zero-order valence-electron chi connectivity index (χ0n) is 12.3. The topological polar surface area (TPSA) is 41.6 Å². The molecule has 1 aliphatic heterocycles. The number of amides is 1. The molecule has 5 heteroatoms. The van der Waals surface area contributed by atoms with E-state index in [1.54, 1.807) is 0 Å². The van der Waals surface area contributed by atoms with Crippen molar-refractivity contribution >= 4 is 21.8 Å². The summed E-state index contributed by atoms with van der Waals surface area (Å²) < 4.78 is 6.65. The Kier molecular flexibility index (Phi) is 4.33. The number of morpholine rings is 1. The smallest absolute Gasteiger partial charge is 0.252 e. The summed E-state index contributed by atoms with van der Waals surface area (Å²) >= 11 is 3.47. The number of carbonyl (C=O) groups excluding carboxylic acids is 1. The molecular weight excluding hydrogens is 332 g/mol. The second-order valence-electron chi connectivity index (χ2n) is 6.05. The number of ether oxygens (including phenoxy) is 1. The largest absolute Gasteiger partial charge is 0.366 e. The minimum absolute atomic E-state index is 0.0885. The predicted molar refractivity (Wildman–Crippen MR) is 85.3 cm³/mol. The van der Waals surface area contributed by atoms with Gasteiger partial charge in [0.25, 0.3) is 5.91 Å². The fourth-order valence-electron chi connectivity index (χ4n) is 2.99. The first-order valence-electron chi connectivity index (χ1n) is 7.44. The Morgan fingerprint density at radius 1 is 1.43 bits per heavy atom. The summed E-state index contributed by atoms with van der Waals surface area (Å²) in [6.45, 7) is 2.83. The van der Waals surface area contributed by atoms with E-state index in [0.29, 0.717) is 13.2 Å². The molecule has 1 aromatic carbocycles. The van der Waals surface area contributed by atoms with Gasteiger partial charge in [-0.05, 0) is 30.5 Å². The molecule has 2 fully saturated rings. The molecule has 1 amide bonds. The molecular formula is C16H21BrN2O2. The first-order chi connectivity index (χ1) is 10.1. The summed E-state index contributed by atoms with van der Waals surface area (Å²) in [5, 5.41) is 3.21. The van der Waals surface area contributed by atoms with Crippen molar-refractivity contribution in [2.75, 3.05) is 33.3 Å². The Hall–Kier alpha value is -0.910. The molecule has 1 heterocycles. The molecule has 1 aromatic rings. The monoisotopic (exact) mass is 352 g/mol. The molecule has 0 spiro atoms. The van der Waals surface area contributed by atoms with Gasteiger partial charge in [0.15, 0.2) is 0 Å². The number of nitrogens with zero attached hydrogens (tertiary/aromatic N) is 1. The van der Waals surface area contributed by atoms with Crippen molar-refractivity contribution in [1.29, 1.82) is 0 Å². The van der Waals surface area contributed by atoms with Crippen LogP contribution in [0.1, 0.15) is 18.4 Å². The standard InChI is InChI=1S/C16H21BrN2O2/c1-19(15(20)14-10-18-8-9-21-14)11-16(6-7-16)12-2-4-13(17)5-3-12/h2-5,14,18H,6-11H2,1H3. The number of benzene rings is 1. The second-order valence-corrected chi connectivity index (χ2v) is 6.96. The molecule has 0 aromatic heterocycles. The van der Waals surface area contributed by atoms with E-state index in [9.17, 15) is 4.79 Å². The van der Waals surface area contributed by atoms with Crippen LogP contribution in [0.2, 0.25) is 0 Å². The Morgan fingerprint density at radius 3 is 2.71 bits per heavy atom. The second kappa shape index (κ2) is 6.07. The first kappa shape index (κ1) is 15.0. The van der Waals surface area contributed by atoms with Crippen molar-refractivity contribution in [3.63, 3.8) is 0 Å². The first-order valence-corrected chi connectivity index (χ1v) is 8.23. The van der Waals surface area contributed by atoms with Crippen LogP contribution in [0.5, 0.6) is 0 Å². The maximum Gasteiger partial charge on any atom is 0.252 e. The van der Waals surface area contributed by atoms with Gasteiger partial charge in [-0.1, -0.05) is 28.1 Å². The molecule has 1 aliphatic carbocycles. The Balaban J connectivity index is 1.65. The summed E-state index contributed by atoms with van der Waals surface area (Å²) in [7, 11) is 1.89. The van der Waals surface area contributed by atoms with Crippen molar-refractivity contribution in [3.8, 4) is 0 Å². The van der Waals surface area contributed by atoms with Crippen LogP contribution >= 0.6 is 15.9 Å². The van der Waals surface area contributed by atoms with Gasteiger partial charge in [-0.3, -0.25) is 4.79 Å². The van der Waals surface area contributed by atoms with E-state index < -0.39 is 0 Å². The lowest BCUT2D eigenvalue weighted by atomic mass is 9.95. The Labute approximate surface area is 134 Å². The van der Waals surface area contributed by atoms with Crippen LogP contribution < -0.4 is 5.32 Å². The Morgan fingerprint density at radius 2 is 2.14 bits per heavy atom. The molecule has 1 saturated heterocycles.